The van der Waals surface area contributed by atoms with Crippen LogP contribution in [0.3, 0.4) is 0 Å². The summed E-state index contributed by atoms with van der Waals surface area (Å²) in [5.41, 5.74) is 1.36. The van der Waals surface area contributed by atoms with Gasteiger partial charge in [-0.25, -0.2) is 4.98 Å². The minimum atomic E-state index is 0.159. The Balaban J connectivity index is 2.30. The van der Waals surface area contributed by atoms with Gasteiger partial charge in [0.2, 0.25) is 0 Å². The molecule has 0 unspecified atom stereocenters. The molecule has 0 aliphatic heterocycles. The number of aromatic nitrogens is 1. The number of hydrogen-bond acceptors (Lipinski definition) is 4. The third kappa shape index (κ3) is 5.04. The van der Waals surface area contributed by atoms with Gasteiger partial charge >= 0.3 is 0 Å². The lowest BCUT2D eigenvalue weighted by Crippen LogP contribution is -2.33. The van der Waals surface area contributed by atoms with E-state index in [1.165, 1.54) is 10.7 Å². The Morgan fingerprint density at radius 3 is 2.56 bits per heavy atom. The zero-order valence-corrected chi connectivity index (χ0v) is 13.4. The van der Waals surface area contributed by atoms with Gasteiger partial charge in [-0.2, -0.15) is 0 Å². The molecule has 1 N–H and O–H groups in total. The Morgan fingerprint density at radius 2 is 2.06 bits per heavy atom. The molecule has 1 aromatic rings. The van der Waals surface area contributed by atoms with Gasteiger partial charge in [-0.05, 0) is 20.9 Å². The van der Waals surface area contributed by atoms with Crippen LogP contribution in [0.2, 0.25) is 0 Å². The molecule has 0 spiro atoms. The third-order valence-corrected chi connectivity index (χ3v) is 3.97. The summed E-state index contributed by atoms with van der Waals surface area (Å²) in [6.07, 6.45) is 0. The van der Waals surface area contributed by atoms with E-state index in [1.807, 2.05) is 0 Å². The molecule has 0 saturated heterocycles. The predicted octanol–water partition coefficient (Wildman–Crippen LogP) is 2.87. The van der Waals surface area contributed by atoms with E-state index in [1.54, 1.807) is 11.3 Å². The summed E-state index contributed by atoms with van der Waals surface area (Å²) in [7, 11) is 2.16. The smallest absolute Gasteiger partial charge is 0.107 e. The van der Waals surface area contributed by atoms with Gasteiger partial charge in [-0.1, -0.05) is 20.8 Å². The normalized spacial score (nSPS) is 12.7. The molecule has 0 aliphatic carbocycles. The number of hydrogen-bond donors (Lipinski definition) is 1. The zero-order chi connectivity index (χ0) is 13.8. The monoisotopic (exact) mass is 269 g/mol. The molecule has 4 heteroatoms. The Bertz CT molecular complexity index is 352. The van der Waals surface area contributed by atoms with Crippen molar-refractivity contribution >= 4 is 11.3 Å². The fraction of sp³-hybridized carbons (Fsp3) is 0.786. The van der Waals surface area contributed by atoms with Crippen molar-refractivity contribution in [3.05, 3.63) is 16.1 Å². The summed E-state index contributed by atoms with van der Waals surface area (Å²) >= 11 is 1.75. The van der Waals surface area contributed by atoms with E-state index in [9.17, 15) is 0 Å². The van der Waals surface area contributed by atoms with Gasteiger partial charge < -0.3 is 10.2 Å². The molecule has 0 aromatic carbocycles. The van der Waals surface area contributed by atoms with Gasteiger partial charge in [0.25, 0.3) is 0 Å². The molecule has 0 aliphatic rings. The van der Waals surface area contributed by atoms with E-state index < -0.39 is 0 Å². The maximum Gasteiger partial charge on any atom is 0.107 e. The van der Waals surface area contributed by atoms with Crippen LogP contribution in [0.5, 0.6) is 0 Å². The lowest BCUT2D eigenvalue weighted by Gasteiger charge is -2.20. The molecular weight excluding hydrogens is 242 g/mol. The Hall–Kier alpha value is -0.450. The molecule has 0 amide bonds. The van der Waals surface area contributed by atoms with E-state index in [0.29, 0.717) is 6.04 Å². The van der Waals surface area contributed by atoms with Gasteiger partial charge in [-0.15, -0.1) is 11.3 Å². The highest BCUT2D eigenvalue weighted by Gasteiger charge is 2.17. The lowest BCUT2D eigenvalue weighted by molar-refractivity contribution is 0.273. The van der Waals surface area contributed by atoms with Gasteiger partial charge in [-0.3, -0.25) is 0 Å². The minimum Gasteiger partial charge on any atom is -0.309 e. The van der Waals surface area contributed by atoms with Crippen molar-refractivity contribution < 1.29 is 0 Å². The van der Waals surface area contributed by atoms with Crippen molar-refractivity contribution in [3.8, 4) is 0 Å². The van der Waals surface area contributed by atoms with Crippen LogP contribution < -0.4 is 5.32 Å². The van der Waals surface area contributed by atoms with Crippen molar-refractivity contribution in [1.29, 1.82) is 0 Å². The average Bonchev–Trinajstić information content (AvgIpc) is 2.72. The highest BCUT2D eigenvalue weighted by molar-refractivity contribution is 7.09. The van der Waals surface area contributed by atoms with Gasteiger partial charge in [0, 0.05) is 36.5 Å². The second-order valence-corrected chi connectivity index (χ2v) is 7.07. The maximum atomic E-state index is 4.68. The summed E-state index contributed by atoms with van der Waals surface area (Å²) in [5, 5.41) is 6.82. The number of rotatable bonds is 6. The standard InChI is InChI=1S/C14H27N3S/c1-11(2)17(6)8-7-15-9-13-16-12(10-18-13)14(3,4)5/h10-11,15H,7-9H2,1-6H3. The molecule has 0 fully saturated rings. The lowest BCUT2D eigenvalue weighted by atomic mass is 9.93. The van der Waals surface area contributed by atoms with Crippen LogP contribution >= 0.6 is 11.3 Å². The van der Waals surface area contributed by atoms with Crippen molar-refractivity contribution in [3.63, 3.8) is 0 Å². The fourth-order valence-electron chi connectivity index (χ4n) is 1.45. The van der Waals surface area contributed by atoms with E-state index in [2.05, 4.69) is 62.2 Å². The molecule has 0 bridgehead atoms. The van der Waals surface area contributed by atoms with Crippen molar-refractivity contribution in [2.45, 2.75) is 52.6 Å². The first-order chi connectivity index (χ1) is 8.30. The largest absolute Gasteiger partial charge is 0.309 e. The number of nitrogens with one attached hydrogen (secondary N) is 1. The molecule has 1 heterocycles. The van der Waals surface area contributed by atoms with E-state index in [0.717, 1.165) is 19.6 Å². The summed E-state index contributed by atoms with van der Waals surface area (Å²) in [5.74, 6) is 0. The molecular formula is C14H27N3S. The van der Waals surface area contributed by atoms with Crippen LogP contribution in [0, 0.1) is 0 Å². The van der Waals surface area contributed by atoms with Crippen LogP contribution in [-0.2, 0) is 12.0 Å². The Kier molecular flexibility index (Phi) is 5.76. The first-order valence-electron chi connectivity index (χ1n) is 6.66. The van der Waals surface area contributed by atoms with Gasteiger partial charge in [0.05, 0.1) is 5.69 Å². The highest BCUT2D eigenvalue weighted by atomic mass is 32.1. The van der Waals surface area contributed by atoms with Crippen LogP contribution in [0.15, 0.2) is 5.38 Å². The quantitative estimate of drug-likeness (QED) is 0.805. The molecule has 1 rings (SSSR count). The van der Waals surface area contributed by atoms with Crippen LogP contribution in [0.1, 0.15) is 45.3 Å². The third-order valence-electron chi connectivity index (χ3n) is 3.12. The Morgan fingerprint density at radius 1 is 1.39 bits per heavy atom. The molecule has 0 saturated carbocycles. The number of nitrogens with zero attached hydrogens (tertiary/aromatic N) is 2. The maximum absolute atomic E-state index is 4.68. The highest BCUT2D eigenvalue weighted by Crippen LogP contribution is 2.23. The van der Waals surface area contributed by atoms with Crippen molar-refractivity contribution in [2.24, 2.45) is 0 Å². The predicted molar refractivity (Wildman–Crippen MR) is 80.3 cm³/mol. The summed E-state index contributed by atoms with van der Waals surface area (Å²) < 4.78 is 0. The summed E-state index contributed by atoms with van der Waals surface area (Å²) in [4.78, 5) is 7.02. The van der Waals surface area contributed by atoms with Crippen molar-refractivity contribution in [1.82, 2.24) is 15.2 Å². The first-order valence-corrected chi connectivity index (χ1v) is 7.54. The number of likely N-dealkylation sites (N-methyl/N-ethyl adjacent to an activating group) is 1. The molecule has 0 radical (unpaired) electrons. The zero-order valence-electron chi connectivity index (χ0n) is 12.6. The molecule has 3 nitrogen and oxygen atoms in total. The summed E-state index contributed by atoms with van der Waals surface area (Å²) in [6, 6.07) is 0.610. The van der Waals surface area contributed by atoms with E-state index in [4.69, 9.17) is 0 Å². The van der Waals surface area contributed by atoms with Crippen molar-refractivity contribution in [2.75, 3.05) is 20.1 Å². The topological polar surface area (TPSA) is 28.2 Å². The van der Waals surface area contributed by atoms with Gasteiger partial charge in [0.1, 0.15) is 5.01 Å². The second-order valence-electron chi connectivity index (χ2n) is 6.13. The first kappa shape index (κ1) is 15.6. The summed E-state index contributed by atoms with van der Waals surface area (Å²) in [6.45, 7) is 14.0. The second kappa shape index (κ2) is 6.64. The number of thiazole rings is 1. The van der Waals surface area contributed by atoms with Gasteiger partial charge in [0.15, 0.2) is 0 Å². The van der Waals surface area contributed by atoms with Crippen LogP contribution in [0.4, 0.5) is 0 Å². The van der Waals surface area contributed by atoms with Crippen LogP contribution in [0.25, 0.3) is 0 Å². The van der Waals surface area contributed by atoms with E-state index >= 15 is 0 Å². The average molecular weight is 269 g/mol. The molecule has 104 valence electrons. The fourth-order valence-corrected chi connectivity index (χ4v) is 2.44. The van der Waals surface area contributed by atoms with Crippen LogP contribution in [-0.4, -0.2) is 36.1 Å². The SMILES string of the molecule is CC(C)N(C)CCNCc1nc(C(C)(C)C)cs1. The Labute approximate surface area is 116 Å². The van der Waals surface area contributed by atoms with E-state index in [-0.39, 0.29) is 5.41 Å². The molecule has 0 atom stereocenters. The minimum absolute atomic E-state index is 0.159. The molecule has 18 heavy (non-hydrogen) atoms. The molecule has 1 aromatic heterocycles.